The summed E-state index contributed by atoms with van der Waals surface area (Å²) in [5.41, 5.74) is -1.27. The van der Waals surface area contributed by atoms with Gasteiger partial charge in [-0.15, -0.1) is 0 Å². The van der Waals surface area contributed by atoms with Gasteiger partial charge in [-0.25, -0.2) is 0 Å². The van der Waals surface area contributed by atoms with Crippen LogP contribution in [0.25, 0.3) is 0 Å². The highest BCUT2D eigenvalue weighted by Crippen LogP contribution is 2.73. The molecule has 0 aromatic carbocycles. The van der Waals surface area contributed by atoms with Crippen molar-refractivity contribution in [2.24, 2.45) is 34.5 Å². The van der Waals surface area contributed by atoms with Crippen molar-refractivity contribution in [1.29, 1.82) is 5.26 Å². The number of nitrogens with zero attached hydrogens (tertiary/aromatic N) is 1. The van der Waals surface area contributed by atoms with Gasteiger partial charge in [0.05, 0.1) is 44.0 Å². The van der Waals surface area contributed by atoms with Crippen LogP contribution in [0.2, 0.25) is 0 Å². The molecule has 0 bridgehead atoms. The molecule has 2 aliphatic heterocycles. The maximum absolute atomic E-state index is 11.8. The fourth-order valence-electron chi connectivity index (χ4n) is 9.19. The molecule has 6 heteroatoms. The summed E-state index contributed by atoms with van der Waals surface area (Å²) < 4.78 is 25.6. The van der Waals surface area contributed by atoms with Gasteiger partial charge in [0.1, 0.15) is 0 Å². The van der Waals surface area contributed by atoms with Gasteiger partial charge in [-0.05, 0) is 49.9 Å². The summed E-state index contributed by atoms with van der Waals surface area (Å²) in [7, 11) is 0. The van der Waals surface area contributed by atoms with Gasteiger partial charge in [-0.1, -0.05) is 26.7 Å². The Labute approximate surface area is 179 Å². The third-order valence-electron chi connectivity index (χ3n) is 10.6. The molecule has 6 rings (SSSR count). The Morgan fingerprint density at radius 1 is 0.867 bits per heavy atom. The average Bonchev–Trinajstić information content (AvgIpc) is 3.00. The largest absolute Gasteiger partial charge is 0.388 e. The predicted molar refractivity (Wildman–Crippen MR) is 107 cm³/mol. The monoisotopic (exact) mass is 417 g/mol. The van der Waals surface area contributed by atoms with Gasteiger partial charge in [-0.3, -0.25) is 0 Å². The first kappa shape index (κ1) is 19.9. The molecule has 0 spiro atoms. The summed E-state index contributed by atoms with van der Waals surface area (Å²) in [5.74, 6) is -0.924. The van der Waals surface area contributed by atoms with E-state index in [9.17, 15) is 10.4 Å². The van der Waals surface area contributed by atoms with Crippen LogP contribution in [0.4, 0.5) is 0 Å². The third-order valence-corrected chi connectivity index (χ3v) is 10.6. The first-order valence-corrected chi connectivity index (χ1v) is 12.0. The molecule has 0 radical (unpaired) electrons. The molecule has 0 aromatic heterocycles. The standard InChI is InChI=1S/C24H35NO5/c1-20-6-3-4-7-22(20,26)16(15-25)13-17-18(20)5-8-21(2)19(17)14-23-24(21,29-11-9-27-23)30-12-10-28-23/h16-19,26H,3-14H2,1-2H3/t16-,17+,18-,19-,20+,21-,22-,23?,24?/m0/s1. The van der Waals surface area contributed by atoms with E-state index in [0.717, 1.165) is 51.4 Å². The highest BCUT2D eigenvalue weighted by molar-refractivity contribution is 5.23. The normalized spacial score (nSPS) is 59.7. The van der Waals surface area contributed by atoms with Gasteiger partial charge in [0.2, 0.25) is 11.6 Å². The molecule has 7 atom stereocenters. The molecule has 6 nitrogen and oxygen atoms in total. The lowest BCUT2D eigenvalue weighted by Crippen LogP contribution is -2.70. The maximum atomic E-state index is 11.8. The summed E-state index contributed by atoms with van der Waals surface area (Å²) in [6.45, 7) is 6.70. The molecule has 4 saturated carbocycles. The highest BCUT2D eigenvalue weighted by atomic mass is 16.8. The average molecular weight is 418 g/mol. The molecule has 6 fully saturated rings. The zero-order valence-electron chi connectivity index (χ0n) is 18.3. The van der Waals surface area contributed by atoms with Gasteiger partial charge in [0.15, 0.2) is 0 Å². The second kappa shape index (κ2) is 6.20. The van der Waals surface area contributed by atoms with Gasteiger partial charge in [0, 0.05) is 17.3 Å². The van der Waals surface area contributed by atoms with E-state index in [2.05, 4.69) is 19.9 Å². The zero-order chi connectivity index (χ0) is 20.8. The fraction of sp³-hybridized carbons (Fsp3) is 0.958. The Morgan fingerprint density at radius 2 is 1.53 bits per heavy atom. The molecule has 30 heavy (non-hydrogen) atoms. The number of nitriles is 1. The van der Waals surface area contributed by atoms with Crippen LogP contribution in [0.3, 0.4) is 0 Å². The van der Waals surface area contributed by atoms with Crippen LogP contribution in [0.5, 0.6) is 0 Å². The Bertz CT molecular complexity index is 768. The number of rotatable bonds is 0. The van der Waals surface area contributed by atoms with Crippen molar-refractivity contribution in [1.82, 2.24) is 0 Å². The van der Waals surface area contributed by atoms with Crippen LogP contribution >= 0.6 is 0 Å². The quantitative estimate of drug-likeness (QED) is 0.651. The molecule has 6 aliphatic rings. The second-order valence-electron chi connectivity index (χ2n) is 11.3. The summed E-state index contributed by atoms with van der Waals surface area (Å²) in [6.07, 6.45) is 7.50. The van der Waals surface area contributed by atoms with Gasteiger partial charge < -0.3 is 24.1 Å². The maximum Gasteiger partial charge on any atom is 0.229 e. The summed E-state index contributed by atoms with van der Waals surface area (Å²) in [6, 6.07) is 2.54. The van der Waals surface area contributed by atoms with E-state index in [4.69, 9.17) is 18.9 Å². The van der Waals surface area contributed by atoms with Crippen molar-refractivity contribution in [3.63, 3.8) is 0 Å². The number of ether oxygens (including phenoxy) is 4. The van der Waals surface area contributed by atoms with Crippen LogP contribution in [-0.4, -0.2) is 48.7 Å². The van der Waals surface area contributed by atoms with E-state index in [-0.39, 0.29) is 16.7 Å². The molecule has 0 amide bonds. The van der Waals surface area contributed by atoms with Crippen molar-refractivity contribution in [3.8, 4) is 6.07 Å². The number of hydrogen-bond donors (Lipinski definition) is 1. The number of hydrogen-bond acceptors (Lipinski definition) is 6. The highest BCUT2D eigenvalue weighted by Gasteiger charge is 2.80. The predicted octanol–water partition coefficient (Wildman–Crippen LogP) is 3.38. The van der Waals surface area contributed by atoms with E-state index < -0.39 is 17.2 Å². The minimum atomic E-state index is -0.858. The Morgan fingerprint density at radius 3 is 2.23 bits per heavy atom. The van der Waals surface area contributed by atoms with Gasteiger partial charge in [-0.2, -0.15) is 5.26 Å². The minimum Gasteiger partial charge on any atom is -0.388 e. The van der Waals surface area contributed by atoms with E-state index in [0.29, 0.717) is 44.2 Å². The van der Waals surface area contributed by atoms with Crippen molar-refractivity contribution in [2.75, 3.05) is 26.4 Å². The van der Waals surface area contributed by atoms with Crippen LogP contribution in [-0.2, 0) is 18.9 Å². The van der Waals surface area contributed by atoms with Crippen molar-refractivity contribution < 1.29 is 24.1 Å². The third kappa shape index (κ3) is 2.03. The molecule has 2 saturated heterocycles. The molecular weight excluding hydrogens is 382 g/mol. The number of fused-ring (bicyclic) bond motifs is 5. The van der Waals surface area contributed by atoms with Crippen LogP contribution < -0.4 is 0 Å². The topological polar surface area (TPSA) is 80.9 Å². The lowest BCUT2D eigenvalue weighted by atomic mass is 9.41. The molecule has 166 valence electrons. The molecule has 0 aromatic rings. The SMILES string of the molecule is C[C@]12CC[C@H]3[C@@H](C[C@@H](C#N)[C@@]4(O)CCCC[C@]34C)[C@@H]1CC13OCCOC12OCCO3. The van der Waals surface area contributed by atoms with Crippen LogP contribution in [0.15, 0.2) is 0 Å². The van der Waals surface area contributed by atoms with E-state index in [1.54, 1.807) is 0 Å². The van der Waals surface area contributed by atoms with Crippen LogP contribution in [0, 0.1) is 45.8 Å². The Kier molecular flexibility index (Phi) is 4.12. The van der Waals surface area contributed by atoms with Gasteiger partial charge in [0.25, 0.3) is 0 Å². The molecular formula is C24H35NO5. The first-order valence-electron chi connectivity index (χ1n) is 12.0. The molecule has 0 unspecified atom stereocenters. The van der Waals surface area contributed by atoms with Crippen molar-refractivity contribution in [3.05, 3.63) is 0 Å². The summed E-state index contributed by atoms with van der Waals surface area (Å²) >= 11 is 0. The Balaban J connectivity index is 1.45. The smallest absolute Gasteiger partial charge is 0.229 e. The van der Waals surface area contributed by atoms with E-state index >= 15 is 0 Å². The zero-order valence-corrected chi connectivity index (χ0v) is 18.3. The summed E-state index contributed by atoms with van der Waals surface area (Å²) in [5, 5.41) is 21.9. The van der Waals surface area contributed by atoms with Crippen LogP contribution in [0.1, 0.15) is 65.2 Å². The molecule has 4 aliphatic carbocycles. The van der Waals surface area contributed by atoms with E-state index in [1.807, 2.05) is 0 Å². The first-order chi connectivity index (χ1) is 14.4. The fourth-order valence-corrected chi connectivity index (χ4v) is 9.19. The van der Waals surface area contributed by atoms with E-state index in [1.165, 1.54) is 0 Å². The minimum absolute atomic E-state index is 0.201. The van der Waals surface area contributed by atoms with Crippen molar-refractivity contribution in [2.45, 2.75) is 82.4 Å². The summed E-state index contributed by atoms with van der Waals surface area (Å²) in [4.78, 5) is 0. The second-order valence-corrected chi connectivity index (χ2v) is 11.3. The number of aliphatic hydroxyl groups is 1. The Hall–Kier alpha value is -0.710. The van der Waals surface area contributed by atoms with Crippen molar-refractivity contribution >= 4 is 0 Å². The van der Waals surface area contributed by atoms with Gasteiger partial charge >= 0.3 is 0 Å². The molecule has 2 heterocycles. The lowest BCUT2D eigenvalue weighted by molar-refractivity contribution is -0.474. The lowest BCUT2D eigenvalue weighted by Gasteiger charge is -2.65. The molecule has 1 N–H and O–H groups in total.